The van der Waals surface area contributed by atoms with Gasteiger partial charge in [-0.1, -0.05) is 0 Å². The fourth-order valence-electron chi connectivity index (χ4n) is 5.97. The minimum atomic E-state index is 0.303. The third-order valence-corrected chi connectivity index (χ3v) is 8.02. The van der Waals surface area contributed by atoms with E-state index < -0.39 is 0 Å². The van der Waals surface area contributed by atoms with Gasteiger partial charge in [0.2, 0.25) is 5.91 Å². The molecule has 1 aliphatic carbocycles. The highest BCUT2D eigenvalue weighted by molar-refractivity contribution is 5.76. The van der Waals surface area contributed by atoms with Gasteiger partial charge in [-0.15, -0.1) is 0 Å². The smallest absolute Gasteiger partial charge is 0.222 e. The van der Waals surface area contributed by atoms with Crippen LogP contribution in [0.2, 0.25) is 0 Å². The molecule has 0 N–H and O–H groups in total. The number of amides is 1. The largest absolute Gasteiger partial charge is 0.343 e. The first-order valence-corrected chi connectivity index (χ1v) is 11.8. The molecule has 0 radical (unpaired) electrons. The molecule has 0 unspecified atom stereocenters. The summed E-state index contributed by atoms with van der Waals surface area (Å²) in [7, 11) is 0. The number of piperidine rings is 1. The van der Waals surface area contributed by atoms with Crippen LogP contribution in [0, 0.1) is 32.1 Å². The third-order valence-electron chi connectivity index (χ3n) is 8.02. The Morgan fingerprint density at radius 1 is 1.13 bits per heavy atom. The van der Waals surface area contributed by atoms with Crippen LogP contribution in [-0.2, 0) is 11.2 Å². The quantitative estimate of drug-likeness (QED) is 0.760. The SMILES string of the molecule is Cc1cc2nc(C)c(CCC(=O)N3CCC4(CC3)C[C@@H]4CN3CCCC3)c(C)n2n1. The molecule has 2 saturated heterocycles. The maximum atomic E-state index is 12.9. The second-order valence-electron chi connectivity index (χ2n) is 9.97. The lowest BCUT2D eigenvalue weighted by Gasteiger charge is -2.33. The van der Waals surface area contributed by atoms with Crippen molar-refractivity contribution >= 4 is 11.6 Å². The van der Waals surface area contributed by atoms with Gasteiger partial charge in [-0.05, 0) is 89.3 Å². The van der Waals surface area contributed by atoms with Crippen molar-refractivity contribution < 1.29 is 4.79 Å². The van der Waals surface area contributed by atoms with Gasteiger partial charge in [0.05, 0.1) is 5.69 Å². The van der Waals surface area contributed by atoms with Gasteiger partial charge >= 0.3 is 0 Å². The van der Waals surface area contributed by atoms with Crippen molar-refractivity contribution in [3.8, 4) is 0 Å². The van der Waals surface area contributed by atoms with Gasteiger partial charge < -0.3 is 9.80 Å². The van der Waals surface area contributed by atoms with E-state index in [1.807, 2.05) is 24.4 Å². The molecule has 4 heterocycles. The Hall–Kier alpha value is -1.95. The standard InChI is InChI=1S/C24H35N5O/c1-17-14-22-25-18(2)21(19(3)29(22)26-17)6-7-23(30)28-12-8-24(9-13-28)15-20(24)16-27-10-4-5-11-27/h14,20H,4-13,15-16H2,1-3H3/t20-/m1/s1. The van der Waals surface area contributed by atoms with Crippen molar-refractivity contribution in [2.24, 2.45) is 11.3 Å². The maximum absolute atomic E-state index is 12.9. The van der Waals surface area contributed by atoms with Crippen molar-refractivity contribution in [2.45, 2.75) is 65.7 Å². The molecule has 6 heteroatoms. The molecular formula is C24H35N5O. The predicted molar refractivity (Wildman–Crippen MR) is 118 cm³/mol. The number of hydrogen-bond acceptors (Lipinski definition) is 4. The van der Waals surface area contributed by atoms with Crippen LogP contribution in [-0.4, -0.2) is 63.0 Å². The minimum Gasteiger partial charge on any atom is -0.343 e. The van der Waals surface area contributed by atoms with Crippen LogP contribution in [0.5, 0.6) is 0 Å². The summed E-state index contributed by atoms with van der Waals surface area (Å²) in [5.74, 6) is 1.19. The molecule has 2 aliphatic heterocycles. The highest BCUT2D eigenvalue weighted by Crippen LogP contribution is 2.59. The highest BCUT2D eigenvalue weighted by atomic mass is 16.2. The van der Waals surface area contributed by atoms with Crippen molar-refractivity contribution in [1.29, 1.82) is 0 Å². The summed E-state index contributed by atoms with van der Waals surface area (Å²) in [4.78, 5) is 22.4. The Bertz CT molecular complexity index is 950. The molecule has 0 bridgehead atoms. The maximum Gasteiger partial charge on any atom is 0.222 e. The number of aromatic nitrogens is 3. The number of fused-ring (bicyclic) bond motifs is 1. The molecule has 1 amide bonds. The molecule has 1 atom stereocenters. The van der Waals surface area contributed by atoms with Gasteiger partial charge in [-0.25, -0.2) is 9.50 Å². The van der Waals surface area contributed by atoms with Crippen LogP contribution >= 0.6 is 0 Å². The first kappa shape index (κ1) is 20.0. The molecule has 0 aromatic carbocycles. The van der Waals surface area contributed by atoms with Crippen LogP contribution in [0.1, 0.15) is 61.2 Å². The van der Waals surface area contributed by atoms with Crippen LogP contribution in [0.4, 0.5) is 0 Å². The summed E-state index contributed by atoms with van der Waals surface area (Å²) in [6.07, 6.45) is 7.87. The molecule has 5 rings (SSSR count). The molecule has 6 nitrogen and oxygen atoms in total. The normalized spacial score (nSPS) is 23.6. The highest BCUT2D eigenvalue weighted by Gasteiger charge is 2.55. The molecule has 3 aliphatic rings. The number of carbonyl (C=O) groups is 1. The van der Waals surface area contributed by atoms with E-state index in [1.165, 1.54) is 57.3 Å². The van der Waals surface area contributed by atoms with Crippen molar-refractivity contribution in [3.63, 3.8) is 0 Å². The van der Waals surface area contributed by atoms with E-state index >= 15 is 0 Å². The summed E-state index contributed by atoms with van der Waals surface area (Å²) in [6.45, 7) is 11.9. The number of rotatable bonds is 5. The van der Waals surface area contributed by atoms with E-state index in [1.54, 1.807) is 0 Å². The van der Waals surface area contributed by atoms with E-state index in [0.29, 0.717) is 17.7 Å². The van der Waals surface area contributed by atoms with E-state index in [9.17, 15) is 4.79 Å². The van der Waals surface area contributed by atoms with Crippen LogP contribution < -0.4 is 0 Å². The van der Waals surface area contributed by atoms with Crippen LogP contribution in [0.15, 0.2) is 6.07 Å². The Morgan fingerprint density at radius 2 is 1.87 bits per heavy atom. The lowest BCUT2D eigenvalue weighted by Crippen LogP contribution is -2.40. The molecule has 1 spiro atoms. The topological polar surface area (TPSA) is 53.7 Å². The van der Waals surface area contributed by atoms with Crippen LogP contribution in [0.3, 0.4) is 0 Å². The molecule has 30 heavy (non-hydrogen) atoms. The van der Waals surface area contributed by atoms with Crippen molar-refractivity contribution in [2.75, 3.05) is 32.7 Å². The number of hydrogen-bond donors (Lipinski definition) is 0. The molecule has 162 valence electrons. The minimum absolute atomic E-state index is 0.303. The second-order valence-corrected chi connectivity index (χ2v) is 9.97. The zero-order valence-electron chi connectivity index (χ0n) is 18.8. The predicted octanol–water partition coefficient (Wildman–Crippen LogP) is 3.31. The summed E-state index contributed by atoms with van der Waals surface area (Å²) in [5, 5.41) is 4.55. The van der Waals surface area contributed by atoms with Crippen molar-refractivity contribution in [3.05, 3.63) is 28.7 Å². The van der Waals surface area contributed by atoms with Gasteiger partial charge in [-0.3, -0.25) is 4.79 Å². The zero-order chi connectivity index (χ0) is 20.9. The average molecular weight is 410 g/mol. The van der Waals surface area contributed by atoms with Gasteiger partial charge in [0.15, 0.2) is 5.65 Å². The third kappa shape index (κ3) is 3.64. The van der Waals surface area contributed by atoms with E-state index in [2.05, 4.69) is 21.8 Å². The first-order chi connectivity index (χ1) is 14.4. The molecule has 3 fully saturated rings. The summed E-state index contributed by atoms with van der Waals surface area (Å²) in [5.41, 5.74) is 5.72. The summed E-state index contributed by atoms with van der Waals surface area (Å²) >= 11 is 0. The monoisotopic (exact) mass is 409 g/mol. The number of carbonyl (C=O) groups excluding carboxylic acids is 1. The average Bonchev–Trinajstić information content (AvgIpc) is 3.06. The second kappa shape index (κ2) is 7.63. The Morgan fingerprint density at radius 3 is 2.60 bits per heavy atom. The van der Waals surface area contributed by atoms with E-state index in [4.69, 9.17) is 4.98 Å². The van der Waals surface area contributed by atoms with E-state index in [-0.39, 0.29) is 0 Å². The van der Waals surface area contributed by atoms with Gasteiger partial charge in [0.25, 0.3) is 0 Å². The Labute approximate surface area is 179 Å². The van der Waals surface area contributed by atoms with Crippen molar-refractivity contribution in [1.82, 2.24) is 24.4 Å². The Balaban J connectivity index is 1.15. The lowest BCUT2D eigenvalue weighted by molar-refractivity contribution is -0.132. The van der Waals surface area contributed by atoms with E-state index in [0.717, 1.165) is 48.2 Å². The fraction of sp³-hybridized carbons (Fsp3) is 0.708. The molecular weight excluding hydrogens is 374 g/mol. The summed E-state index contributed by atoms with van der Waals surface area (Å²) < 4.78 is 1.92. The Kier molecular flexibility index (Phi) is 5.08. The first-order valence-electron chi connectivity index (χ1n) is 11.8. The summed E-state index contributed by atoms with van der Waals surface area (Å²) in [6, 6.07) is 2.01. The number of aryl methyl sites for hydroxylation is 3. The lowest BCUT2D eigenvalue weighted by atomic mass is 9.90. The van der Waals surface area contributed by atoms with Gasteiger partial charge in [0.1, 0.15) is 0 Å². The zero-order valence-corrected chi connectivity index (χ0v) is 18.8. The van der Waals surface area contributed by atoms with Gasteiger partial charge in [-0.2, -0.15) is 5.10 Å². The fourth-order valence-corrected chi connectivity index (χ4v) is 5.97. The molecule has 1 saturated carbocycles. The molecule has 2 aromatic heterocycles. The molecule has 2 aromatic rings. The van der Waals surface area contributed by atoms with Crippen LogP contribution in [0.25, 0.3) is 5.65 Å². The number of nitrogens with zero attached hydrogens (tertiary/aromatic N) is 5. The van der Waals surface area contributed by atoms with Gasteiger partial charge in [0, 0.05) is 43.5 Å². The number of likely N-dealkylation sites (tertiary alicyclic amines) is 2.